The highest BCUT2D eigenvalue weighted by Crippen LogP contribution is 2.21. The van der Waals surface area contributed by atoms with E-state index in [1.165, 1.54) is 11.8 Å². The van der Waals surface area contributed by atoms with Gasteiger partial charge in [0.2, 0.25) is 5.91 Å². The third-order valence-corrected chi connectivity index (χ3v) is 4.72. The van der Waals surface area contributed by atoms with Crippen LogP contribution in [0.5, 0.6) is 0 Å². The van der Waals surface area contributed by atoms with E-state index in [2.05, 4.69) is 10.4 Å². The van der Waals surface area contributed by atoms with Crippen molar-refractivity contribution in [1.29, 1.82) is 0 Å². The highest BCUT2D eigenvalue weighted by atomic mass is 16.3. The summed E-state index contributed by atoms with van der Waals surface area (Å²) in [6.45, 7) is 3.12. The number of aromatic nitrogens is 2. The van der Waals surface area contributed by atoms with Crippen LogP contribution in [0.25, 0.3) is 0 Å². The average molecular weight is 356 g/mol. The molecule has 0 saturated carbocycles. The molecular formula is C19H24N4O3. The molecule has 1 fully saturated rings. The minimum atomic E-state index is -1.51. The zero-order valence-electron chi connectivity index (χ0n) is 14.9. The Kier molecular flexibility index (Phi) is 5.37. The molecule has 3 rings (SSSR count). The van der Waals surface area contributed by atoms with Crippen molar-refractivity contribution in [1.82, 2.24) is 20.0 Å². The van der Waals surface area contributed by atoms with E-state index in [1.54, 1.807) is 6.20 Å². The van der Waals surface area contributed by atoms with Crippen LogP contribution >= 0.6 is 0 Å². The number of rotatable bonds is 5. The van der Waals surface area contributed by atoms with Crippen LogP contribution < -0.4 is 5.32 Å². The number of carbonyl (C=O) groups is 2. The fraction of sp³-hybridized carbons (Fsp3) is 0.421. The predicted molar refractivity (Wildman–Crippen MR) is 96.1 cm³/mol. The Labute approximate surface area is 152 Å². The van der Waals surface area contributed by atoms with Crippen LogP contribution in [0.15, 0.2) is 42.7 Å². The number of hydrogen-bond acceptors (Lipinski definition) is 4. The molecule has 1 saturated heterocycles. The van der Waals surface area contributed by atoms with E-state index in [9.17, 15) is 14.7 Å². The number of aliphatic hydroxyl groups is 1. The number of benzene rings is 1. The van der Waals surface area contributed by atoms with Crippen LogP contribution in [-0.2, 0) is 22.7 Å². The molecule has 1 aliphatic rings. The van der Waals surface area contributed by atoms with Crippen LogP contribution in [0.1, 0.15) is 30.9 Å². The molecule has 0 spiro atoms. The first-order valence-electron chi connectivity index (χ1n) is 8.78. The second kappa shape index (κ2) is 7.70. The summed E-state index contributed by atoms with van der Waals surface area (Å²) >= 11 is 0. The molecule has 7 nitrogen and oxygen atoms in total. The zero-order valence-corrected chi connectivity index (χ0v) is 14.9. The third-order valence-electron chi connectivity index (χ3n) is 4.72. The Bertz CT molecular complexity index is 758. The number of nitrogens with zero attached hydrogens (tertiary/aromatic N) is 3. The molecule has 0 aliphatic carbocycles. The number of piperidine rings is 1. The summed E-state index contributed by atoms with van der Waals surface area (Å²) in [6, 6.07) is 9.77. The van der Waals surface area contributed by atoms with Crippen molar-refractivity contribution in [3.8, 4) is 0 Å². The lowest BCUT2D eigenvalue weighted by atomic mass is 9.91. The summed E-state index contributed by atoms with van der Waals surface area (Å²) in [4.78, 5) is 25.5. The molecule has 1 aromatic carbocycles. The van der Waals surface area contributed by atoms with Gasteiger partial charge in [0.05, 0.1) is 13.1 Å². The van der Waals surface area contributed by atoms with Gasteiger partial charge in [0, 0.05) is 32.4 Å². The SMILES string of the molecule is CC(=O)N1CCCC(O)(C(=O)NCc2ccc(Cn3cccn3)cc2)C1. The molecule has 138 valence electrons. The first-order valence-corrected chi connectivity index (χ1v) is 8.78. The number of likely N-dealkylation sites (tertiary alicyclic amines) is 1. The van der Waals surface area contributed by atoms with Gasteiger partial charge >= 0.3 is 0 Å². The van der Waals surface area contributed by atoms with Crippen LogP contribution in [0, 0.1) is 0 Å². The van der Waals surface area contributed by atoms with Crippen LogP contribution in [-0.4, -0.2) is 50.3 Å². The van der Waals surface area contributed by atoms with Gasteiger partial charge in [-0.15, -0.1) is 0 Å². The van der Waals surface area contributed by atoms with Gasteiger partial charge in [-0.25, -0.2) is 0 Å². The molecule has 7 heteroatoms. The van der Waals surface area contributed by atoms with Gasteiger partial charge in [-0.3, -0.25) is 14.3 Å². The van der Waals surface area contributed by atoms with Gasteiger partial charge in [0.15, 0.2) is 5.60 Å². The van der Waals surface area contributed by atoms with E-state index < -0.39 is 11.5 Å². The van der Waals surface area contributed by atoms with Crippen molar-refractivity contribution in [2.45, 2.75) is 38.5 Å². The van der Waals surface area contributed by atoms with Gasteiger partial charge in [-0.2, -0.15) is 5.10 Å². The number of amides is 2. The van der Waals surface area contributed by atoms with Crippen LogP contribution in [0.2, 0.25) is 0 Å². The van der Waals surface area contributed by atoms with Gasteiger partial charge in [0.25, 0.3) is 5.91 Å². The molecule has 0 bridgehead atoms. The molecular weight excluding hydrogens is 332 g/mol. The molecule has 1 unspecified atom stereocenters. The van der Waals surface area contributed by atoms with Gasteiger partial charge < -0.3 is 15.3 Å². The molecule has 1 aliphatic heterocycles. The minimum Gasteiger partial charge on any atom is -0.378 e. The lowest BCUT2D eigenvalue weighted by Gasteiger charge is -2.37. The predicted octanol–water partition coefficient (Wildman–Crippen LogP) is 0.921. The molecule has 26 heavy (non-hydrogen) atoms. The Morgan fingerprint density at radius 3 is 2.65 bits per heavy atom. The largest absolute Gasteiger partial charge is 0.378 e. The molecule has 0 radical (unpaired) electrons. The molecule has 1 atom stereocenters. The summed E-state index contributed by atoms with van der Waals surface area (Å²) < 4.78 is 1.84. The summed E-state index contributed by atoms with van der Waals surface area (Å²) in [5.74, 6) is -0.548. The number of hydrogen-bond donors (Lipinski definition) is 2. The summed E-state index contributed by atoms with van der Waals surface area (Å²) in [5.41, 5.74) is 0.557. The lowest BCUT2D eigenvalue weighted by Crippen LogP contribution is -2.57. The summed E-state index contributed by atoms with van der Waals surface area (Å²) in [6.07, 6.45) is 4.63. The maximum atomic E-state index is 12.4. The van der Waals surface area contributed by atoms with Crippen LogP contribution in [0.4, 0.5) is 0 Å². The quantitative estimate of drug-likeness (QED) is 0.834. The molecule has 2 amide bonds. The highest BCUT2D eigenvalue weighted by Gasteiger charge is 2.40. The Hall–Kier alpha value is -2.67. The maximum Gasteiger partial charge on any atom is 0.254 e. The minimum absolute atomic E-state index is 0.0526. The van der Waals surface area contributed by atoms with Crippen molar-refractivity contribution >= 4 is 11.8 Å². The number of carbonyl (C=O) groups excluding carboxylic acids is 2. The summed E-state index contributed by atoms with van der Waals surface area (Å²) in [5, 5.41) is 17.6. The second-order valence-electron chi connectivity index (χ2n) is 6.78. The fourth-order valence-corrected chi connectivity index (χ4v) is 3.18. The highest BCUT2D eigenvalue weighted by molar-refractivity contribution is 5.86. The monoisotopic (exact) mass is 356 g/mol. The molecule has 2 N–H and O–H groups in total. The van der Waals surface area contributed by atoms with E-state index in [0.717, 1.165) is 11.1 Å². The zero-order chi connectivity index (χ0) is 18.6. The van der Waals surface area contributed by atoms with E-state index in [1.807, 2.05) is 41.2 Å². The Morgan fingerprint density at radius 2 is 2.00 bits per heavy atom. The van der Waals surface area contributed by atoms with Crippen molar-refractivity contribution < 1.29 is 14.7 Å². The summed E-state index contributed by atoms with van der Waals surface area (Å²) in [7, 11) is 0. The third kappa shape index (κ3) is 4.29. The molecule has 1 aromatic heterocycles. The van der Waals surface area contributed by atoms with Gasteiger partial charge in [-0.1, -0.05) is 24.3 Å². The second-order valence-corrected chi connectivity index (χ2v) is 6.78. The van der Waals surface area contributed by atoms with E-state index in [-0.39, 0.29) is 12.5 Å². The first-order chi connectivity index (χ1) is 12.5. The van der Waals surface area contributed by atoms with E-state index in [0.29, 0.717) is 32.5 Å². The smallest absolute Gasteiger partial charge is 0.254 e. The molecule has 2 heterocycles. The van der Waals surface area contributed by atoms with Crippen molar-refractivity contribution in [2.24, 2.45) is 0 Å². The fourth-order valence-electron chi connectivity index (χ4n) is 3.18. The number of nitrogens with one attached hydrogen (secondary N) is 1. The van der Waals surface area contributed by atoms with Gasteiger partial charge in [-0.05, 0) is 30.0 Å². The van der Waals surface area contributed by atoms with Crippen LogP contribution in [0.3, 0.4) is 0 Å². The van der Waals surface area contributed by atoms with Crippen molar-refractivity contribution in [2.75, 3.05) is 13.1 Å². The maximum absolute atomic E-state index is 12.4. The van der Waals surface area contributed by atoms with Gasteiger partial charge in [0.1, 0.15) is 0 Å². The normalized spacial score (nSPS) is 20.0. The van der Waals surface area contributed by atoms with E-state index >= 15 is 0 Å². The average Bonchev–Trinajstić information content (AvgIpc) is 3.14. The Morgan fingerprint density at radius 1 is 1.27 bits per heavy atom. The lowest BCUT2D eigenvalue weighted by molar-refractivity contribution is -0.150. The number of β-amino-alcohol motifs (C(OH)–C–C–N with tert-alkyl or cyclic N) is 1. The topological polar surface area (TPSA) is 87.5 Å². The van der Waals surface area contributed by atoms with Crippen molar-refractivity contribution in [3.63, 3.8) is 0 Å². The Balaban J connectivity index is 1.54. The van der Waals surface area contributed by atoms with E-state index in [4.69, 9.17) is 0 Å². The first kappa shape index (κ1) is 18.1. The van der Waals surface area contributed by atoms with Crippen molar-refractivity contribution in [3.05, 3.63) is 53.9 Å². The standard InChI is InChI=1S/C19H24N4O3/c1-15(24)22-10-2-8-19(26,14-22)18(25)20-12-16-4-6-17(7-5-16)13-23-11-3-9-21-23/h3-7,9,11,26H,2,8,10,12-14H2,1H3,(H,20,25). The molecule has 2 aromatic rings.